The van der Waals surface area contributed by atoms with Crippen LogP contribution in [0.1, 0.15) is 17.3 Å². The lowest BCUT2D eigenvalue weighted by atomic mass is 10.1. The summed E-state index contributed by atoms with van der Waals surface area (Å²) in [4.78, 5) is 23.1. The Labute approximate surface area is 122 Å². The summed E-state index contributed by atoms with van der Waals surface area (Å²) in [6, 6.07) is 5.23. The molecule has 0 aliphatic carbocycles. The van der Waals surface area contributed by atoms with Crippen LogP contribution < -0.4 is 5.32 Å². The fourth-order valence-corrected chi connectivity index (χ4v) is 1.57. The summed E-state index contributed by atoms with van der Waals surface area (Å²) in [5.74, 6) is -3.40. The Bertz CT molecular complexity index is 550. The van der Waals surface area contributed by atoms with Crippen molar-refractivity contribution in [2.75, 3.05) is 6.61 Å². The van der Waals surface area contributed by atoms with Gasteiger partial charge in [-0.25, -0.2) is 4.79 Å². The smallest absolute Gasteiger partial charge is 0.448 e. The predicted octanol–water partition coefficient (Wildman–Crippen LogP) is 1.88. The number of carbonyl (C=O) groups is 2. The van der Waals surface area contributed by atoms with Crippen molar-refractivity contribution in [3.05, 3.63) is 34.9 Å². The zero-order valence-electron chi connectivity index (χ0n) is 10.7. The van der Waals surface area contributed by atoms with Crippen molar-refractivity contribution >= 4 is 23.5 Å². The SMILES string of the molecule is CCOC(=O)[C@](O)(NC(=O)c1ccccc1Cl)C(F)(F)F. The van der Waals surface area contributed by atoms with Crippen LogP contribution >= 0.6 is 11.6 Å². The Kier molecular flexibility index (Phi) is 5.19. The van der Waals surface area contributed by atoms with E-state index in [9.17, 15) is 27.9 Å². The second-order valence-corrected chi connectivity index (χ2v) is 4.27. The highest BCUT2D eigenvalue weighted by molar-refractivity contribution is 6.33. The van der Waals surface area contributed by atoms with E-state index in [0.717, 1.165) is 6.07 Å². The Morgan fingerprint density at radius 2 is 1.90 bits per heavy atom. The summed E-state index contributed by atoms with van der Waals surface area (Å²) in [5, 5.41) is 10.6. The fourth-order valence-electron chi connectivity index (χ4n) is 1.35. The van der Waals surface area contributed by atoms with Gasteiger partial charge < -0.3 is 15.2 Å². The summed E-state index contributed by atoms with van der Waals surface area (Å²) in [7, 11) is 0. The van der Waals surface area contributed by atoms with Crippen molar-refractivity contribution in [1.29, 1.82) is 0 Å². The van der Waals surface area contributed by atoms with Gasteiger partial charge in [-0.2, -0.15) is 13.2 Å². The normalized spacial score (nSPS) is 14.2. The highest BCUT2D eigenvalue weighted by atomic mass is 35.5. The number of alkyl halides is 3. The average molecular weight is 326 g/mol. The number of esters is 1. The first-order chi connectivity index (χ1) is 9.63. The third-order valence-electron chi connectivity index (χ3n) is 2.39. The lowest BCUT2D eigenvalue weighted by Gasteiger charge is -2.28. The molecule has 0 aromatic heterocycles. The van der Waals surface area contributed by atoms with Gasteiger partial charge >= 0.3 is 17.9 Å². The average Bonchev–Trinajstić information content (AvgIpc) is 2.37. The molecule has 1 aromatic rings. The maximum Gasteiger partial charge on any atom is 0.448 e. The van der Waals surface area contributed by atoms with E-state index in [1.807, 2.05) is 0 Å². The molecule has 0 fully saturated rings. The van der Waals surface area contributed by atoms with Crippen molar-refractivity contribution in [2.24, 2.45) is 0 Å². The molecule has 1 amide bonds. The quantitative estimate of drug-likeness (QED) is 0.655. The summed E-state index contributed by atoms with van der Waals surface area (Å²) < 4.78 is 42.7. The van der Waals surface area contributed by atoms with Crippen LogP contribution in [0.2, 0.25) is 5.02 Å². The molecule has 1 rings (SSSR count). The molecule has 1 aromatic carbocycles. The van der Waals surface area contributed by atoms with Gasteiger partial charge in [0.05, 0.1) is 17.2 Å². The molecular weight excluding hydrogens is 315 g/mol. The molecule has 0 heterocycles. The molecule has 21 heavy (non-hydrogen) atoms. The largest absolute Gasteiger partial charge is 0.462 e. The number of ether oxygens (including phenoxy) is 1. The van der Waals surface area contributed by atoms with Crippen molar-refractivity contribution < 1.29 is 32.6 Å². The van der Waals surface area contributed by atoms with Crippen molar-refractivity contribution in [2.45, 2.75) is 18.8 Å². The van der Waals surface area contributed by atoms with Gasteiger partial charge in [-0.15, -0.1) is 0 Å². The molecular formula is C12H11ClF3NO4. The van der Waals surface area contributed by atoms with Crippen molar-refractivity contribution in [3.63, 3.8) is 0 Å². The minimum atomic E-state index is -5.46. The van der Waals surface area contributed by atoms with Gasteiger partial charge in [-0.1, -0.05) is 23.7 Å². The molecule has 0 saturated carbocycles. The van der Waals surface area contributed by atoms with Gasteiger partial charge in [-0.05, 0) is 19.1 Å². The van der Waals surface area contributed by atoms with E-state index in [4.69, 9.17) is 11.6 Å². The number of carbonyl (C=O) groups excluding carboxylic acids is 2. The lowest BCUT2D eigenvalue weighted by molar-refractivity contribution is -0.269. The monoisotopic (exact) mass is 325 g/mol. The van der Waals surface area contributed by atoms with Gasteiger partial charge in [0.25, 0.3) is 5.91 Å². The maximum absolute atomic E-state index is 12.9. The standard InChI is InChI=1S/C12H11ClF3NO4/c1-2-21-10(19)11(20,12(14,15)16)17-9(18)7-5-3-4-6-8(7)13/h3-6,20H,2H2,1H3,(H,17,18)/t11-/m1/s1. The van der Waals surface area contributed by atoms with Crippen LogP contribution in [0.15, 0.2) is 24.3 Å². The summed E-state index contributed by atoms with van der Waals surface area (Å²) in [5.41, 5.74) is -4.48. The van der Waals surface area contributed by atoms with Gasteiger partial charge in [-0.3, -0.25) is 4.79 Å². The van der Waals surface area contributed by atoms with Gasteiger partial charge in [0, 0.05) is 0 Å². The Balaban J connectivity index is 3.11. The number of aliphatic hydroxyl groups is 1. The third-order valence-corrected chi connectivity index (χ3v) is 2.72. The van der Waals surface area contributed by atoms with E-state index in [-0.39, 0.29) is 10.6 Å². The van der Waals surface area contributed by atoms with Gasteiger partial charge in [0.15, 0.2) is 0 Å². The molecule has 0 saturated heterocycles. The van der Waals surface area contributed by atoms with Gasteiger partial charge in [0.1, 0.15) is 0 Å². The number of nitrogens with one attached hydrogen (secondary N) is 1. The molecule has 0 spiro atoms. The Morgan fingerprint density at radius 3 is 2.38 bits per heavy atom. The number of hydrogen-bond donors (Lipinski definition) is 2. The lowest BCUT2D eigenvalue weighted by Crippen LogP contribution is -2.64. The van der Waals surface area contributed by atoms with E-state index in [1.165, 1.54) is 30.4 Å². The first-order valence-corrected chi connectivity index (χ1v) is 6.04. The number of halogens is 4. The molecule has 5 nitrogen and oxygen atoms in total. The topological polar surface area (TPSA) is 75.6 Å². The summed E-state index contributed by atoms with van der Waals surface area (Å²) in [6.07, 6.45) is -5.46. The number of amides is 1. The summed E-state index contributed by atoms with van der Waals surface area (Å²) in [6.45, 7) is 0.851. The van der Waals surface area contributed by atoms with Crippen LogP contribution in [-0.4, -0.2) is 35.5 Å². The number of benzene rings is 1. The first kappa shape index (κ1) is 17.3. The minimum Gasteiger partial charge on any atom is -0.462 e. The summed E-state index contributed by atoms with van der Waals surface area (Å²) >= 11 is 5.66. The van der Waals surface area contributed by atoms with E-state index >= 15 is 0 Å². The van der Waals surface area contributed by atoms with Crippen molar-refractivity contribution in [3.8, 4) is 0 Å². The van der Waals surface area contributed by atoms with Crippen LogP contribution in [0, 0.1) is 0 Å². The fraction of sp³-hybridized carbons (Fsp3) is 0.333. The van der Waals surface area contributed by atoms with Crippen LogP contribution in [0.3, 0.4) is 0 Å². The third kappa shape index (κ3) is 3.64. The van der Waals surface area contributed by atoms with E-state index in [1.54, 1.807) is 0 Å². The van der Waals surface area contributed by atoms with Crippen LogP contribution in [0.5, 0.6) is 0 Å². The second kappa shape index (κ2) is 6.31. The number of hydrogen-bond acceptors (Lipinski definition) is 4. The minimum absolute atomic E-state index is 0.136. The van der Waals surface area contributed by atoms with E-state index in [0.29, 0.717) is 0 Å². The highest BCUT2D eigenvalue weighted by Crippen LogP contribution is 2.30. The molecule has 9 heteroatoms. The van der Waals surface area contributed by atoms with Crippen molar-refractivity contribution in [1.82, 2.24) is 5.32 Å². The zero-order valence-corrected chi connectivity index (χ0v) is 11.5. The zero-order chi connectivity index (χ0) is 16.3. The molecule has 0 radical (unpaired) electrons. The molecule has 0 aliphatic rings. The van der Waals surface area contributed by atoms with E-state index < -0.39 is 30.4 Å². The number of rotatable bonds is 4. The molecule has 2 N–H and O–H groups in total. The second-order valence-electron chi connectivity index (χ2n) is 3.86. The van der Waals surface area contributed by atoms with Crippen LogP contribution in [-0.2, 0) is 9.53 Å². The maximum atomic E-state index is 12.9. The van der Waals surface area contributed by atoms with E-state index in [2.05, 4.69) is 4.74 Å². The van der Waals surface area contributed by atoms with Gasteiger partial charge in [0.2, 0.25) is 0 Å². The molecule has 116 valence electrons. The first-order valence-electron chi connectivity index (χ1n) is 5.67. The Morgan fingerprint density at radius 1 is 1.33 bits per heavy atom. The van der Waals surface area contributed by atoms with Crippen LogP contribution in [0.4, 0.5) is 13.2 Å². The molecule has 0 aliphatic heterocycles. The Hall–Kier alpha value is -1.80. The molecule has 0 unspecified atom stereocenters. The highest BCUT2D eigenvalue weighted by Gasteiger charge is 2.62. The molecule has 1 atom stereocenters. The molecule has 0 bridgehead atoms. The van der Waals surface area contributed by atoms with Crippen LogP contribution in [0.25, 0.3) is 0 Å². The predicted molar refractivity (Wildman–Crippen MR) is 66.6 cm³/mol.